The van der Waals surface area contributed by atoms with Crippen molar-refractivity contribution < 1.29 is 24.9 Å². The molecule has 172 valence electrons. The summed E-state index contributed by atoms with van der Waals surface area (Å²) in [7, 11) is 0. The molecular formula is C23H45NO5. The molecule has 0 aliphatic rings. The monoisotopic (exact) mass is 415 g/mol. The molecule has 0 fully saturated rings. The van der Waals surface area contributed by atoms with Crippen LogP contribution in [0.2, 0.25) is 0 Å². The lowest BCUT2D eigenvalue weighted by molar-refractivity contribution is -0.145. The SMILES string of the molecule is CCCCCCCCCCCCCCCC(CC(=O)O)C(=O)N(CCO)CCO. The van der Waals surface area contributed by atoms with E-state index in [1.807, 2.05) is 0 Å². The number of carboxylic acids is 1. The third-order valence-corrected chi connectivity index (χ3v) is 5.48. The topological polar surface area (TPSA) is 98.1 Å². The zero-order valence-electron chi connectivity index (χ0n) is 18.6. The molecule has 6 heteroatoms. The Kier molecular flexibility index (Phi) is 19.4. The Labute approximate surface area is 177 Å². The summed E-state index contributed by atoms with van der Waals surface area (Å²) < 4.78 is 0. The summed E-state index contributed by atoms with van der Waals surface area (Å²) in [4.78, 5) is 25.0. The highest BCUT2D eigenvalue weighted by Crippen LogP contribution is 2.19. The summed E-state index contributed by atoms with van der Waals surface area (Å²) in [5.41, 5.74) is 0. The number of aliphatic carboxylic acids is 1. The molecule has 0 heterocycles. The third kappa shape index (κ3) is 16.4. The van der Waals surface area contributed by atoms with E-state index in [2.05, 4.69) is 6.92 Å². The summed E-state index contributed by atoms with van der Waals surface area (Å²) in [5, 5.41) is 27.3. The second-order valence-electron chi connectivity index (χ2n) is 8.10. The molecule has 0 aliphatic heterocycles. The van der Waals surface area contributed by atoms with Crippen LogP contribution >= 0.6 is 0 Å². The average Bonchev–Trinajstić information content (AvgIpc) is 2.69. The van der Waals surface area contributed by atoms with Crippen LogP contribution in [0.4, 0.5) is 0 Å². The van der Waals surface area contributed by atoms with Gasteiger partial charge in [-0.05, 0) is 6.42 Å². The minimum absolute atomic E-state index is 0.133. The van der Waals surface area contributed by atoms with Crippen molar-refractivity contribution in [1.29, 1.82) is 0 Å². The van der Waals surface area contributed by atoms with Crippen LogP contribution < -0.4 is 0 Å². The predicted molar refractivity (Wildman–Crippen MR) is 117 cm³/mol. The van der Waals surface area contributed by atoms with Gasteiger partial charge in [0.05, 0.1) is 19.6 Å². The molecule has 29 heavy (non-hydrogen) atoms. The zero-order valence-corrected chi connectivity index (χ0v) is 18.6. The highest BCUT2D eigenvalue weighted by molar-refractivity contribution is 5.83. The Morgan fingerprint density at radius 3 is 1.52 bits per heavy atom. The number of carbonyl (C=O) groups excluding carboxylic acids is 1. The van der Waals surface area contributed by atoms with Crippen molar-refractivity contribution in [2.75, 3.05) is 26.3 Å². The van der Waals surface area contributed by atoms with Crippen LogP contribution in [0.3, 0.4) is 0 Å². The summed E-state index contributed by atoms with van der Waals surface area (Å²) in [6, 6.07) is 0. The van der Waals surface area contributed by atoms with Crippen molar-refractivity contribution >= 4 is 11.9 Å². The molecule has 1 unspecified atom stereocenters. The molecule has 0 aromatic rings. The number of rotatable bonds is 21. The van der Waals surface area contributed by atoms with Crippen LogP contribution in [-0.4, -0.2) is 58.4 Å². The highest BCUT2D eigenvalue weighted by atomic mass is 16.4. The Morgan fingerprint density at radius 2 is 1.14 bits per heavy atom. The molecule has 0 aliphatic carbocycles. The van der Waals surface area contributed by atoms with Crippen molar-refractivity contribution in [1.82, 2.24) is 4.90 Å². The van der Waals surface area contributed by atoms with Gasteiger partial charge in [-0.25, -0.2) is 0 Å². The van der Waals surface area contributed by atoms with E-state index in [0.717, 1.165) is 19.3 Å². The van der Waals surface area contributed by atoms with Gasteiger partial charge in [0.25, 0.3) is 0 Å². The Hall–Kier alpha value is -1.14. The van der Waals surface area contributed by atoms with E-state index in [1.165, 1.54) is 69.1 Å². The maximum Gasteiger partial charge on any atom is 0.304 e. The molecule has 1 atom stereocenters. The van der Waals surface area contributed by atoms with Gasteiger partial charge in [0.1, 0.15) is 0 Å². The first-order valence-electron chi connectivity index (χ1n) is 11.8. The fraction of sp³-hybridized carbons (Fsp3) is 0.913. The van der Waals surface area contributed by atoms with Gasteiger partial charge in [-0.2, -0.15) is 0 Å². The Bertz CT molecular complexity index is 397. The smallest absolute Gasteiger partial charge is 0.304 e. The number of carboxylic acid groups (broad SMARTS) is 1. The molecule has 0 aromatic heterocycles. The van der Waals surface area contributed by atoms with Gasteiger partial charge in [0.2, 0.25) is 5.91 Å². The molecule has 0 bridgehead atoms. The third-order valence-electron chi connectivity index (χ3n) is 5.48. The molecule has 0 saturated heterocycles. The van der Waals surface area contributed by atoms with E-state index in [1.54, 1.807) is 0 Å². The van der Waals surface area contributed by atoms with E-state index >= 15 is 0 Å². The van der Waals surface area contributed by atoms with Gasteiger partial charge in [-0.3, -0.25) is 9.59 Å². The van der Waals surface area contributed by atoms with E-state index < -0.39 is 11.9 Å². The second kappa shape index (κ2) is 20.1. The van der Waals surface area contributed by atoms with Crippen molar-refractivity contribution in [3.8, 4) is 0 Å². The van der Waals surface area contributed by atoms with Gasteiger partial charge < -0.3 is 20.2 Å². The second-order valence-corrected chi connectivity index (χ2v) is 8.10. The van der Waals surface area contributed by atoms with E-state index in [-0.39, 0.29) is 38.6 Å². The molecule has 0 aromatic carbocycles. The van der Waals surface area contributed by atoms with E-state index in [0.29, 0.717) is 6.42 Å². The van der Waals surface area contributed by atoms with Crippen molar-refractivity contribution in [2.45, 2.75) is 103 Å². The van der Waals surface area contributed by atoms with Gasteiger partial charge in [0, 0.05) is 19.0 Å². The molecule has 3 N–H and O–H groups in total. The van der Waals surface area contributed by atoms with Crippen LogP contribution in [0.25, 0.3) is 0 Å². The fourth-order valence-electron chi connectivity index (χ4n) is 3.76. The summed E-state index contributed by atoms with van der Waals surface area (Å²) in [5.74, 6) is -1.82. The van der Waals surface area contributed by atoms with Gasteiger partial charge in [-0.15, -0.1) is 0 Å². The van der Waals surface area contributed by atoms with Gasteiger partial charge in [0.15, 0.2) is 0 Å². The highest BCUT2D eigenvalue weighted by Gasteiger charge is 2.25. The number of hydrogen-bond donors (Lipinski definition) is 3. The first kappa shape index (κ1) is 27.9. The summed E-state index contributed by atoms with van der Waals surface area (Å²) in [6.07, 6.45) is 16.5. The number of aliphatic hydroxyl groups excluding tert-OH is 2. The number of aliphatic hydroxyl groups is 2. The van der Waals surface area contributed by atoms with Gasteiger partial charge in [-0.1, -0.05) is 90.4 Å². The molecule has 0 spiro atoms. The van der Waals surface area contributed by atoms with Crippen LogP contribution in [0.15, 0.2) is 0 Å². The first-order chi connectivity index (χ1) is 14.1. The Morgan fingerprint density at radius 1 is 0.724 bits per heavy atom. The number of nitrogens with zero attached hydrogens (tertiary/aromatic N) is 1. The summed E-state index contributed by atoms with van der Waals surface area (Å²) >= 11 is 0. The van der Waals surface area contributed by atoms with Crippen LogP contribution in [-0.2, 0) is 9.59 Å². The van der Waals surface area contributed by atoms with Crippen LogP contribution in [0.5, 0.6) is 0 Å². The lowest BCUT2D eigenvalue weighted by Gasteiger charge is -2.25. The average molecular weight is 416 g/mol. The van der Waals surface area contributed by atoms with Crippen molar-refractivity contribution in [2.24, 2.45) is 5.92 Å². The van der Waals surface area contributed by atoms with Gasteiger partial charge >= 0.3 is 5.97 Å². The van der Waals surface area contributed by atoms with Crippen LogP contribution in [0.1, 0.15) is 103 Å². The minimum Gasteiger partial charge on any atom is -0.481 e. The maximum atomic E-state index is 12.5. The van der Waals surface area contributed by atoms with Crippen molar-refractivity contribution in [3.05, 3.63) is 0 Å². The molecule has 1 amide bonds. The quantitative estimate of drug-likeness (QED) is 0.242. The minimum atomic E-state index is -0.981. The molecule has 6 nitrogen and oxygen atoms in total. The molecule has 0 radical (unpaired) electrons. The van der Waals surface area contributed by atoms with Crippen LogP contribution in [0, 0.1) is 5.92 Å². The molecular weight excluding hydrogens is 370 g/mol. The zero-order chi connectivity index (χ0) is 21.7. The molecule has 0 saturated carbocycles. The number of carbonyl (C=O) groups is 2. The van der Waals surface area contributed by atoms with E-state index in [4.69, 9.17) is 15.3 Å². The normalized spacial score (nSPS) is 12.1. The predicted octanol–water partition coefficient (Wildman–Crippen LogP) is 4.37. The number of amides is 1. The lowest BCUT2D eigenvalue weighted by Crippen LogP contribution is -2.40. The largest absolute Gasteiger partial charge is 0.481 e. The standard InChI is InChI=1S/C23H45NO5/c1-2-3-4-5-6-7-8-9-10-11-12-13-14-15-21(20-22(27)28)23(29)24(16-18-25)17-19-26/h21,25-26H,2-20H2,1H3,(H,27,28). The summed E-state index contributed by atoms with van der Waals surface area (Å²) in [6.45, 7) is 2.13. The number of unbranched alkanes of at least 4 members (excludes halogenated alkanes) is 12. The maximum absolute atomic E-state index is 12.5. The van der Waals surface area contributed by atoms with Crippen molar-refractivity contribution in [3.63, 3.8) is 0 Å². The lowest BCUT2D eigenvalue weighted by atomic mass is 9.95. The Balaban J connectivity index is 3.91. The first-order valence-corrected chi connectivity index (χ1v) is 11.8. The number of hydrogen-bond acceptors (Lipinski definition) is 4. The fourth-order valence-corrected chi connectivity index (χ4v) is 3.76. The van der Waals surface area contributed by atoms with E-state index in [9.17, 15) is 9.59 Å². The molecule has 0 rings (SSSR count).